The van der Waals surface area contributed by atoms with E-state index in [-0.39, 0.29) is 17.9 Å². The Labute approximate surface area is 188 Å². The van der Waals surface area contributed by atoms with Crippen LogP contribution >= 0.6 is 0 Å². The second kappa shape index (κ2) is 8.64. The number of aliphatic hydroxyl groups is 1. The summed E-state index contributed by atoms with van der Waals surface area (Å²) < 4.78 is 5.61. The molecule has 0 aliphatic heterocycles. The first kappa shape index (κ1) is 21.8. The van der Waals surface area contributed by atoms with Gasteiger partial charge in [-0.3, -0.25) is 4.79 Å². The number of rotatable bonds is 5. The van der Waals surface area contributed by atoms with Crippen molar-refractivity contribution in [3.63, 3.8) is 0 Å². The van der Waals surface area contributed by atoms with Gasteiger partial charge in [-0.05, 0) is 64.3 Å². The van der Waals surface area contributed by atoms with E-state index in [1.807, 2.05) is 18.2 Å². The number of hydrogen-bond donors (Lipinski definition) is 2. The van der Waals surface area contributed by atoms with Crippen LogP contribution in [-0.2, 0) is 13.0 Å². The Morgan fingerprint density at radius 3 is 2.38 bits per heavy atom. The third kappa shape index (κ3) is 3.94. The Bertz CT molecular complexity index is 1310. The minimum absolute atomic E-state index is 0.138. The third-order valence-corrected chi connectivity index (χ3v) is 6.07. The van der Waals surface area contributed by atoms with Crippen LogP contribution in [-0.4, -0.2) is 10.2 Å². The van der Waals surface area contributed by atoms with Gasteiger partial charge in [-0.15, -0.1) is 0 Å². The average molecular weight is 429 g/mol. The first-order chi connectivity index (χ1) is 15.3. The van der Waals surface area contributed by atoms with Crippen molar-refractivity contribution in [3.8, 4) is 28.0 Å². The molecule has 1 aromatic carbocycles. The Morgan fingerprint density at radius 2 is 1.66 bits per heavy atom. The molecule has 32 heavy (non-hydrogen) atoms. The second-order valence-corrected chi connectivity index (χ2v) is 8.69. The topological polar surface area (TPSA) is 70.7 Å². The molecule has 0 fully saturated rings. The smallest absolute Gasteiger partial charge is 0.227 e. The molecule has 0 atom stereocenters. The minimum atomic E-state index is -0.550. The molecule has 0 unspecified atom stereocenters. The van der Waals surface area contributed by atoms with Crippen LogP contribution in [0.15, 0.2) is 63.8 Å². The molecular weight excluding hydrogens is 400 g/mol. The van der Waals surface area contributed by atoms with Gasteiger partial charge in [0, 0.05) is 12.5 Å². The highest BCUT2D eigenvalue weighted by Crippen LogP contribution is 2.42. The Kier molecular flexibility index (Phi) is 5.90. The number of aryl methyl sites for hydroxylation is 2. The molecule has 2 N–H and O–H groups in total. The summed E-state index contributed by atoms with van der Waals surface area (Å²) in [5.41, 5.74) is 8.67. The molecule has 2 aromatic rings. The normalized spacial score (nSPS) is 11.4. The van der Waals surface area contributed by atoms with Gasteiger partial charge < -0.3 is 14.6 Å². The summed E-state index contributed by atoms with van der Waals surface area (Å²) >= 11 is 0. The molecule has 1 aromatic heterocycles. The summed E-state index contributed by atoms with van der Waals surface area (Å²) in [7, 11) is 0. The zero-order valence-corrected chi connectivity index (χ0v) is 18.9. The van der Waals surface area contributed by atoms with Gasteiger partial charge in [-0.25, -0.2) is 0 Å². The van der Waals surface area contributed by atoms with Crippen LogP contribution in [0.25, 0.3) is 22.3 Å². The molecule has 4 heteroatoms. The predicted molar refractivity (Wildman–Crippen MR) is 127 cm³/mol. The zero-order chi connectivity index (χ0) is 23.0. The molecular formula is C28H28O4. The Balaban J connectivity index is 1.89. The van der Waals surface area contributed by atoms with E-state index in [1.54, 1.807) is 0 Å². The molecule has 0 bridgehead atoms. The molecule has 164 valence electrons. The van der Waals surface area contributed by atoms with E-state index >= 15 is 0 Å². The van der Waals surface area contributed by atoms with Crippen LogP contribution in [0.5, 0.6) is 5.75 Å². The van der Waals surface area contributed by atoms with Gasteiger partial charge in [0.15, 0.2) is 5.76 Å². The van der Waals surface area contributed by atoms with Gasteiger partial charge in [0.1, 0.15) is 12.4 Å². The number of benzene rings is 1. The van der Waals surface area contributed by atoms with Gasteiger partial charge in [0.05, 0.1) is 0 Å². The first-order valence-electron chi connectivity index (χ1n) is 10.9. The number of hydrogen-bond acceptors (Lipinski definition) is 4. The van der Waals surface area contributed by atoms with E-state index < -0.39 is 17.8 Å². The van der Waals surface area contributed by atoms with E-state index in [2.05, 4.69) is 58.0 Å². The van der Waals surface area contributed by atoms with Crippen LogP contribution in [0.3, 0.4) is 0 Å². The van der Waals surface area contributed by atoms with E-state index in [0.717, 1.165) is 22.8 Å². The maximum absolute atomic E-state index is 12.1. The molecule has 2 aliphatic rings. The molecule has 0 saturated carbocycles. The summed E-state index contributed by atoms with van der Waals surface area (Å²) in [5.74, 6) is 0.320. The standard InChI is InChI=1S/C28H28O4/c1-16(2)19-9-10-22-17(3)12-24(27(22)18(4)11-19)23-8-6-5-7-20(23)13-26-28(31)25(30)14-21(15-29)32-26/h5-12,14,16,29,31H,13,15H2,1-4H3. The number of aromatic hydroxyl groups is 1. The van der Waals surface area contributed by atoms with E-state index in [4.69, 9.17) is 4.42 Å². The lowest BCUT2D eigenvalue weighted by molar-refractivity contribution is 0.236. The van der Waals surface area contributed by atoms with Crippen molar-refractivity contribution in [1.82, 2.24) is 0 Å². The fraction of sp³-hybridized carbons (Fsp3) is 0.250. The SMILES string of the molecule is Cc1cc(-c2ccccc2Cc2oc(CO)cc(=O)c2O)c2c(C)cc(C(C)C)ccc1-2. The Morgan fingerprint density at radius 1 is 0.906 bits per heavy atom. The van der Waals surface area contributed by atoms with Crippen molar-refractivity contribution in [3.05, 3.63) is 98.6 Å². The van der Waals surface area contributed by atoms with Gasteiger partial charge in [-0.2, -0.15) is 0 Å². The van der Waals surface area contributed by atoms with Crippen molar-refractivity contribution in [2.75, 3.05) is 0 Å². The van der Waals surface area contributed by atoms with E-state index in [1.165, 1.54) is 27.8 Å². The highest BCUT2D eigenvalue weighted by atomic mass is 16.4. The number of fused-ring (bicyclic) bond motifs is 1. The Hall–Kier alpha value is -3.37. The van der Waals surface area contributed by atoms with Gasteiger partial charge in [-0.1, -0.05) is 62.4 Å². The highest BCUT2D eigenvalue weighted by molar-refractivity contribution is 5.91. The quantitative estimate of drug-likeness (QED) is 0.413. The summed E-state index contributed by atoms with van der Waals surface area (Å²) in [5, 5.41) is 19.7. The molecule has 4 rings (SSSR count). The van der Waals surface area contributed by atoms with Crippen molar-refractivity contribution in [2.45, 2.75) is 46.6 Å². The van der Waals surface area contributed by atoms with Crippen LogP contribution in [0, 0.1) is 13.8 Å². The minimum Gasteiger partial charge on any atom is -0.502 e. The predicted octanol–water partition coefficient (Wildman–Crippen LogP) is 5.94. The van der Waals surface area contributed by atoms with Crippen LogP contribution < -0.4 is 5.43 Å². The van der Waals surface area contributed by atoms with Gasteiger partial charge >= 0.3 is 0 Å². The average Bonchev–Trinajstić information content (AvgIpc) is 2.98. The molecule has 1 heterocycles. The summed E-state index contributed by atoms with van der Waals surface area (Å²) in [6.45, 7) is 8.27. The maximum atomic E-state index is 12.1. The fourth-order valence-corrected chi connectivity index (χ4v) is 4.37. The molecule has 0 amide bonds. The number of aliphatic hydroxyl groups excluding tert-OH is 1. The van der Waals surface area contributed by atoms with Crippen LogP contribution in [0.4, 0.5) is 0 Å². The van der Waals surface area contributed by atoms with E-state index in [9.17, 15) is 15.0 Å². The lowest BCUT2D eigenvalue weighted by Crippen LogP contribution is -2.05. The molecule has 0 saturated heterocycles. The van der Waals surface area contributed by atoms with Crippen LogP contribution in [0.1, 0.15) is 53.5 Å². The molecule has 0 radical (unpaired) electrons. The fourth-order valence-electron chi connectivity index (χ4n) is 4.37. The van der Waals surface area contributed by atoms with Gasteiger partial charge in [0.25, 0.3) is 0 Å². The third-order valence-electron chi connectivity index (χ3n) is 6.07. The van der Waals surface area contributed by atoms with Crippen molar-refractivity contribution in [2.24, 2.45) is 0 Å². The monoisotopic (exact) mass is 428 g/mol. The zero-order valence-electron chi connectivity index (χ0n) is 18.9. The van der Waals surface area contributed by atoms with Gasteiger partial charge in [0.2, 0.25) is 11.2 Å². The second-order valence-electron chi connectivity index (χ2n) is 8.69. The summed E-state index contributed by atoms with van der Waals surface area (Å²) in [6.07, 6.45) is 0.242. The lowest BCUT2D eigenvalue weighted by atomic mass is 9.93. The maximum Gasteiger partial charge on any atom is 0.227 e. The highest BCUT2D eigenvalue weighted by Gasteiger charge is 2.20. The van der Waals surface area contributed by atoms with Crippen molar-refractivity contribution < 1.29 is 14.6 Å². The lowest BCUT2D eigenvalue weighted by Gasteiger charge is -2.12. The molecule has 4 nitrogen and oxygen atoms in total. The van der Waals surface area contributed by atoms with E-state index in [0.29, 0.717) is 5.92 Å². The largest absolute Gasteiger partial charge is 0.502 e. The molecule has 2 aliphatic carbocycles. The summed E-state index contributed by atoms with van der Waals surface area (Å²) in [6, 6.07) is 18.0. The van der Waals surface area contributed by atoms with Crippen molar-refractivity contribution >= 4 is 0 Å². The molecule has 0 spiro atoms. The van der Waals surface area contributed by atoms with Crippen molar-refractivity contribution in [1.29, 1.82) is 0 Å². The summed E-state index contributed by atoms with van der Waals surface area (Å²) in [4.78, 5) is 12.1. The first-order valence-corrected chi connectivity index (χ1v) is 10.9. The van der Waals surface area contributed by atoms with Crippen LogP contribution in [0.2, 0.25) is 0 Å².